The predicted molar refractivity (Wildman–Crippen MR) is 62.6 cm³/mol. The number of rotatable bonds is 2. The fraction of sp³-hybridized carbons (Fsp3) is 0.250. The number of aromatic nitrogens is 2. The van der Waals surface area contributed by atoms with E-state index in [-0.39, 0.29) is 0 Å². The summed E-state index contributed by atoms with van der Waals surface area (Å²) < 4.78 is 1.88. The van der Waals surface area contributed by atoms with Crippen molar-refractivity contribution in [3.8, 4) is 5.69 Å². The molecule has 0 fully saturated rings. The fourth-order valence-corrected chi connectivity index (χ4v) is 1.79. The first-order chi connectivity index (χ1) is 7.20. The highest BCUT2D eigenvalue weighted by atomic mass is 35.5. The van der Waals surface area contributed by atoms with Gasteiger partial charge in [-0.2, -0.15) is 5.10 Å². The van der Waals surface area contributed by atoms with E-state index in [1.807, 2.05) is 29.9 Å². The largest absolute Gasteiger partial charge is 0.240 e. The molecule has 0 N–H and O–H groups in total. The Morgan fingerprint density at radius 1 is 1.33 bits per heavy atom. The van der Waals surface area contributed by atoms with Crippen molar-refractivity contribution in [3.05, 3.63) is 47.3 Å². The lowest BCUT2D eigenvalue weighted by atomic mass is 10.2. The van der Waals surface area contributed by atoms with Crippen molar-refractivity contribution in [2.75, 3.05) is 0 Å². The predicted octanol–water partition coefficient (Wildman–Crippen LogP) is 3.23. The maximum absolute atomic E-state index is 5.81. The van der Waals surface area contributed by atoms with Crippen molar-refractivity contribution in [3.63, 3.8) is 0 Å². The molecular formula is C12H13ClN2. The van der Waals surface area contributed by atoms with Crippen molar-refractivity contribution in [1.82, 2.24) is 9.78 Å². The van der Waals surface area contributed by atoms with Crippen LogP contribution in [0.5, 0.6) is 0 Å². The van der Waals surface area contributed by atoms with Crippen LogP contribution in [-0.4, -0.2) is 9.78 Å². The summed E-state index contributed by atoms with van der Waals surface area (Å²) in [7, 11) is 0. The van der Waals surface area contributed by atoms with Crippen molar-refractivity contribution >= 4 is 11.6 Å². The van der Waals surface area contributed by atoms with E-state index in [0.717, 1.165) is 16.9 Å². The summed E-state index contributed by atoms with van der Waals surface area (Å²) >= 11 is 5.81. The normalized spacial score (nSPS) is 10.6. The Morgan fingerprint density at radius 3 is 2.73 bits per heavy atom. The van der Waals surface area contributed by atoms with Crippen LogP contribution in [0.1, 0.15) is 16.8 Å². The summed E-state index contributed by atoms with van der Waals surface area (Å²) in [6.07, 6.45) is 1.98. The molecule has 2 nitrogen and oxygen atoms in total. The first-order valence-corrected chi connectivity index (χ1v) is 5.42. The van der Waals surface area contributed by atoms with Gasteiger partial charge >= 0.3 is 0 Å². The monoisotopic (exact) mass is 220 g/mol. The topological polar surface area (TPSA) is 17.8 Å². The van der Waals surface area contributed by atoms with Crippen LogP contribution >= 0.6 is 11.6 Å². The Kier molecular flexibility index (Phi) is 2.78. The van der Waals surface area contributed by atoms with E-state index in [2.05, 4.69) is 24.2 Å². The average molecular weight is 221 g/mol. The molecule has 0 unspecified atom stereocenters. The van der Waals surface area contributed by atoms with E-state index in [4.69, 9.17) is 11.6 Å². The summed E-state index contributed by atoms with van der Waals surface area (Å²) in [5.74, 6) is 0.512. The molecule has 0 saturated carbocycles. The van der Waals surface area contributed by atoms with E-state index in [1.54, 1.807) is 0 Å². The van der Waals surface area contributed by atoms with E-state index in [9.17, 15) is 0 Å². The van der Waals surface area contributed by atoms with E-state index >= 15 is 0 Å². The summed E-state index contributed by atoms with van der Waals surface area (Å²) in [4.78, 5) is 0. The number of alkyl halides is 1. The lowest BCUT2D eigenvalue weighted by molar-refractivity contribution is 0.861. The summed E-state index contributed by atoms with van der Waals surface area (Å²) in [6.45, 7) is 4.05. The molecule has 0 aliphatic rings. The third-order valence-corrected chi connectivity index (χ3v) is 2.70. The zero-order valence-electron chi connectivity index (χ0n) is 8.87. The molecule has 1 heterocycles. The highest BCUT2D eigenvalue weighted by Gasteiger charge is 2.04. The van der Waals surface area contributed by atoms with Crippen LogP contribution in [0.15, 0.2) is 30.5 Å². The Morgan fingerprint density at radius 2 is 2.13 bits per heavy atom. The standard InChI is InChI=1S/C12H13ClN2/c1-9-4-3-5-12(6-9)15-8-11(7-13)10(2)14-15/h3-6,8H,7H2,1-2H3. The van der Waals surface area contributed by atoms with Crippen LogP contribution in [0.3, 0.4) is 0 Å². The van der Waals surface area contributed by atoms with Crippen LogP contribution in [0, 0.1) is 13.8 Å². The summed E-state index contributed by atoms with van der Waals surface area (Å²) in [5.41, 5.74) is 4.38. The van der Waals surface area contributed by atoms with Gasteiger partial charge in [0.1, 0.15) is 0 Å². The first kappa shape index (κ1) is 10.2. The van der Waals surface area contributed by atoms with Gasteiger partial charge in [-0.3, -0.25) is 0 Å². The van der Waals surface area contributed by atoms with Gasteiger partial charge in [0, 0.05) is 11.8 Å². The van der Waals surface area contributed by atoms with E-state index in [1.165, 1.54) is 5.56 Å². The van der Waals surface area contributed by atoms with Crippen molar-refractivity contribution in [1.29, 1.82) is 0 Å². The Bertz CT molecular complexity index is 474. The van der Waals surface area contributed by atoms with Gasteiger partial charge in [0.05, 0.1) is 17.3 Å². The number of halogens is 1. The van der Waals surface area contributed by atoms with Gasteiger partial charge in [-0.1, -0.05) is 12.1 Å². The minimum Gasteiger partial charge on any atom is -0.240 e. The van der Waals surface area contributed by atoms with Crippen LogP contribution < -0.4 is 0 Å². The molecule has 2 rings (SSSR count). The Hall–Kier alpha value is -1.28. The van der Waals surface area contributed by atoms with Crippen LogP contribution in [0.2, 0.25) is 0 Å². The molecule has 15 heavy (non-hydrogen) atoms. The Balaban J connectivity index is 2.45. The SMILES string of the molecule is Cc1cccc(-n2cc(CCl)c(C)n2)c1. The van der Waals surface area contributed by atoms with E-state index in [0.29, 0.717) is 5.88 Å². The molecule has 0 spiro atoms. The highest BCUT2D eigenvalue weighted by molar-refractivity contribution is 6.17. The zero-order chi connectivity index (χ0) is 10.8. The maximum atomic E-state index is 5.81. The molecular weight excluding hydrogens is 208 g/mol. The van der Waals surface area contributed by atoms with Crippen LogP contribution in [0.25, 0.3) is 5.69 Å². The number of benzene rings is 1. The van der Waals surface area contributed by atoms with Gasteiger partial charge in [-0.25, -0.2) is 4.68 Å². The smallest absolute Gasteiger partial charge is 0.0648 e. The van der Waals surface area contributed by atoms with Crippen LogP contribution in [-0.2, 0) is 5.88 Å². The number of hydrogen-bond donors (Lipinski definition) is 0. The first-order valence-electron chi connectivity index (χ1n) is 4.89. The molecule has 0 aliphatic heterocycles. The minimum atomic E-state index is 0.512. The fourth-order valence-electron chi connectivity index (χ4n) is 1.53. The van der Waals surface area contributed by atoms with Gasteiger partial charge in [-0.05, 0) is 31.5 Å². The minimum absolute atomic E-state index is 0.512. The second-order valence-corrected chi connectivity index (χ2v) is 3.92. The molecule has 1 aromatic carbocycles. The number of aryl methyl sites for hydroxylation is 2. The van der Waals surface area contributed by atoms with Crippen molar-refractivity contribution in [2.45, 2.75) is 19.7 Å². The summed E-state index contributed by atoms with van der Waals surface area (Å²) in [6, 6.07) is 8.24. The van der Waals surface area contributed by atoms with Gasteiger partial charge < -0.3 is 0 Å². The van der Waals surface area contributed by atoms with Crippen LogP contribution in [0.4, 0.5) is 0 Å². The molecule has 0 atom stereocenters. The van der Waals surface area contributed by atoms with Crippen molar-refractivity contribution < 1.29 is 0 Å². The van der Waals surface area contributed by atoms with Gasteiger partial charge in [-0.15, -0.1) is 11.6 Å². The van der Waals surface area contributed by atoms with E-state index < -0.39 is 0 Å². The molecule has 0 amide bonds. The number of hydrogen-bond acceptors (Lipinski definition) is 1. The molecule has 0 aliphatic carbocycles. The molecule has 0 radical (unpaired) electrons. The highest BCUT2D eigenvalue weighted by Crippen LogP contribution is 2.14. The lowest BCUT2D eigenvalue weighted by Crippen LogP contribution is -1.94. The van der Waals surface area contributed by atoms with Gasteiger partial charge in [0.2, 0.25) is 0 Å². The molecule has 1 aromatic heterocycles. The zero-order valence-corrected chi connectivity index (χ0v) is 9.62. The second-order valence-electron chi connectivity index (χ2n) is 3.66. The third-order valence-electron chi connectivity index (χ3n) is 2.41. The molecule has 2 aromatic rings. The second kappa shape index (κ2) is 4.07. The lowest BCUT2D eigenvalue weighted by Gasteiger charge is -2.01. The average Bonchev–Trinajstić information content (AvgIpc) is 2.60. The van der Waals surface area contributed by atoms with Gasteiger partial charge in [0.25, 0.3) is 0 Å². The quantitative estimate of drug-likeness (QED) is 0.711. The summed E-state index contributed by atoms with van der Waals surface area (Å²) in [5, 5.41) is 4.43. The maximum Gasteiger partial charge on any atom is 0.0648 e. The Labute approximate surface area is 94.5 Å². The molecule has 78 valence electrons. The van der Waals surface area contributed by atoms with Gasteiger partial charge in [0.15, 0.2) is 0 Å². The van der Waals surface area contributed by atoms with Crippen molar-refractivity contribution in [2.24, 2.45) is 0 Å². The number of nitrogens with zero attached hydrogens (tertiary/aromatic N) is 2. The molecule has 0 saturated heterocycles. The third kappa shape index (κ3) is 2.05. The molecule has 3 heteroatoms. The molecule has 0 bridgehead atoms.